The molecule has 0 aromatic carbocycles. The summed E-state index contributed by atoms with van der Waals surface area (Å²) in [5, 5.41) is 9.05. The number of Topliss-reactive ketones (excluding diaryl/α,β-unsaturated/α-hetero) is 1. The molecule has 0 saturated carbocycles. The van der Waals surface area contributed by atoms with Gasteiger partial charge in [-0.05, 0) is 25.5 Å². The molecule has 82 valence electrons. The first-order valence-electron chi connectivity index (χ1n) is 4.43. The first-order valence-corrected chi connectivity index (χ1v) is 4.81. The summed E-state index contributed by atoms with van der Waals surface area (Å²) < 4.78 is 5.20. The molecule has 0 amide bonds. The maximum absolute atomic E-state index is 10.7. The van der Waals surface area contributed by atoms with Crippen LogP contribution >= 0.6 is 11.6 Å². The van der Waals surface area contributed by atoms with Crippen molar-refractivity contribution in [2.45, 2.75) is 20.5 Å². The summed E-state index contributed by atoms with van der Waals surface area (Å²) >= 11 is 5.84. The Balaban J connectivity index is 2.92. The lowest BCUT2D eigenvalue weighted by Crippen LogP contribution is -2.08. The van der Waals surface area contributed by atoms with Gasteiger partial charge in [-0.2, -0.15) is 0 Å². The van der Waals surface area contributed by atoms with Crippen LogP contribution in [-0.2, 0) is 11.4 Å². The van der Waals surface area contributed by atoms with E-state index in [0.717, 1.165) is 5.56 Å². The topological polar surface area (TPSA) is 59.4 Å². The Kier molecular flexibility index (Phi) is 4.05. The maximum atomic E-state index is 10.7. The number of hydrogen-bond donors (Lipinski definition) is 1. The van der Waals surface area contributed by atoms with E-state index in [-0.39, 0.29) is 24.2 Å². The van der Waals surface area contributed by atoms with E-state index in [1.54, 1.807) is 13.0 Å². The number of hydrogen-bond acceptors (Lipinski definition) is 4. The lowest BCUT2D eigenvalue weighted by Gasteiger charge is -2.09. The number of pyridine rings is 1. The first-order chi connectivity index (χ1) is 7.04. The van der Waals surface area contributed by atoms with Crippen LogP contribution in [-0.4, -0.2) is 22.5 Å². The number of aliphatic hydroxyl groups excluding tert-OH is 1. The minimum atomic E-state index is -0.173. The molecule has 0 atom stereocenters. The van der Waals surface area contributed by atoms with Crippen LogP contribution in [0.3, 0.4) is 0 Å². The van der Waals surface area contributed by atoms with Crippen molar-refractivity contribution in [1.82, 2.24) is 4.98 Å². The fraction of sp³-hybridized carbons (Fsp3) is 0.400. The van der Waals surface area contributed by atoms with Crippen LogP contribution in [0, 0.1) is 6.92 Å². The average Bonchev–Trinajstić information content (AvgIpc) is 2.15. The molecule has 0 saturated heterocycles. The van der Waals surface area contributed by atoms with E-state index in [9.17, 15) is 4.79 Å². The van der Waals surface area contributed by atoms with Crippen molar-refractivity contribution in [3.63, 3.8) is 0 Å². The predicted molar refractivity (Wildman–Crippen MR) is 56.1 cm³/mol. The van der Waals surface area contributed by atoms with Crippen LogP contribution in [0.25, 0.3) is 0 Å². The summed E-state index contributed by atoms with van der Waals surface area (Å²) in [5.74, 6) is 0.306. The molecule has 1 heterocycles. The van der Waals surface area contributed by atoms with Crippen molar-refractivity contribution in [3.05, 3.63) is 22.5 Å². The number of nitrogens with zero attached hydrogens (tertiary/aromatic N) is 1. The predicted octanol–water partition coefficient (Wildman–Crippen LogP) is 1.50. The smallest absolute Gasteiger partial charge is 0.171 e. The average molecular weight is 230 g/mol. The van der Waals surface area contributed by atoms with Gasteiger partial charge in [0.1, 0.15) is 6.61 Å². The second-order valence-corrected chi connectivity index (χ2v) is 3.56. The number of aliphatic hydroxyl groups is 1. The minimum Gasteiger partial charge on any atom is -0.482 e. The normalized spacial score (nSPS) is 10.1. The van der Waals surface area contributed by atoms with Crippen LogP contribution < -0.4 is 4.74 Å². The van der Waals surface area contributed by atoms with Crippen LogP contribution in [0.2, 0.25) is 5.15 Å². The first kappa shape index (κ1) is 11.9. The molecule has 5 heteroatoms. The van der Waals surface area contributed by atoms with Gasteiger partial charge in [0.05, 0.1) is 12.3 Å². The van der Waals surface area contributed by atoms with E-state index >= 15 is 0 Å². The fourth-order valence-electron chi connectivity index (χ4n) is 1.12. The van der Waals surface area contributed by atoms with Gasteiger partial charge in [-0.15, -0.1) is 0 Å². The molecule has 0 fully saturated rings. The van der Waals surface area contributed by atoms with Gasteiger partial charge in [0.15, 0.2) is 16.7 Å². The number of rotatable bonds is 4. The zero-order chi connectivity index (χ0) is 11.4. The van der Waals surface area contributed by atoms with Crippen LogP contribution in [0.15, 0.2) is 6.07 Å². The van der Waals surface area contributed by atoms with Gasteiger partial charge in [-0.25, -0.2) is 4.98 Å². The molecule has 0 aliphatic heterocycles. The van der Waals surface area contributed by atoms with E-state index in [1.165, 1.54) is 6.92 Å². The van der Waals surface area contributed by atoms with Crippen molar-refractivity contribution in [1.29, 1.82) is 0 Å². The molecule has 4 nitrogen and oxygen atoms in total. The largest absolute Gasteiger partial charge is 0.482 e. The summed E-state index contributed by atoms with van der Waals surface area (Å²) in [6, 6.07) is 1.67. The van der Waals surface area contributed by atoms with Crippen LogP contribution in [0.4, 0.5) is 0 Å². The molecule has 0 aliphatic carbocycles. The summed E-state index contributed by atoms with van der Waals surface area (Å²) in [4.78, 5) is 14.6. The number of ether oxygens (including phenoxy) is 1. The van der Waals surface area contributed by atoms with Gasteiger partial charge in [0.25, 0.3) is 0 Å². The number of carbonyl (C=O) groups excluding carboxylic acids is 1. The number of aromatic nitrogens is 1. The number of carbonyl (C=O) groups is 1. The lowest BCUT2D eigenvalue weighted by molar-refractivity contribution is -0.118. The minimum absolute atomic E-state index is 0.0271. The van der Waals surface area contributed by atoms with Crippen molar-refractivity contribution in [2.24, 2.45) is 0 Å². The Morgan fingerprint density at radius 3 is 2.80 bits per heavy atom. The van der Waals surface area contributed by atoms with Gasteiger partial charge in [-0.1, -0.05) is 11.6 Å². The maximum Gasteiger partial charge on any atom is 0.171 e. The molecule has 0 radical (unpaired) electrons. The van der Waals surface area contributed by atoms with E-state index in [4.69, 9.17) is 21.4 Å². The molecule has 0 spiro atoms. The van der Waals surface area contributed by atoms with Gasteiger partial charge < -0.3 is 9.84 Å². The monoisotopic (exact) mass is 229 g/mol. The highest BCUT2D eigenvalue weighted by molar-refractivity contribution is 6.31. The molecule has 15 heavy (non-hydrogen) atoms. The van der Waals surface area contributed by atoms with Crippen LogP contribution in [0.1, 0.15) is 18.2 Å². The zero-order valence-electron chi connectivity index (χ0n) is 8.58. The molecule has 1 aromatic rings. The van der Waals surface area contributed by atoms with Crippen LogP contribution in [0.5, 0.6) is 5.75 Å². The highest BCUT2D eigenvalue weighted by atomic mass is 35.5. The third kappa shape index (κ3) is 3.18. The molecule has 0 aliphatic rings. The third-order valence-electron chi connectivity index (χ3n) is 1.75. The Morgan fingerprint density at radius 2 is 2.33 bits per heavy atom. The molecule has 0 bridgehead atoms. The lowest BCUT2D eigenvalue weighted by atomic mass is 10.2. The van der Waals surface area contributed by atoms with Gasteiger partial charge in [-0.3, -0.25) is 4.79 Å². The van der Waals surface area contributed by atoms with E-state index in [2.05, 4.69) is 4.98 Å². The Bertz CT molecular complexity index is 356. The standard InChI is InChI=1S/C10H12ClNO3/c1-6-3-8(4-13)12-10(11)9(6)15-5-7(2)14/h3,13H,4-5H2,1-2H3. The van der Waals surface area contributed by atoms with E-state index in [1.807, 2.05) is 0 Å². The number of halogens is 1. The Labute approximate surface area is 92.8 Å². The highest BCUT2D eigenvalue weighted by Crippen LogP contribution is 2.27. The van der Waals surface area contributed by atoms with E-state index in [0.29, 0.717) is 11.4 Å². The van der Waals surface area contributed by atoms with Crippen molar-refractivity contribution in [2.75, 3.05) is 6.61 Å². The highest BCUT2D eigenvalue weighted by Gasteiger charge is 2.10. The van der Waals surface area contributed by atoms with Crippen molar-refractivity contribution >= 4 is 17.4 Å². The van der Waals surface area contributed by atoms with Gasteiger partial charge >= 0.3 is 0 Å². The Hall–Kier alpha value is -1.13. The summed E-state index contributed by atoms with van der Waals surface area (Å²) in [6.45, 7) is 3.01. The molecular formula is C10H12ClNO3. The van der Waals surface area contributed by atoms with Gasteiger partial charge in [0, 0.05) is 0 Å². The number of aryl methyl sites for hydroxylation is 1. The molecule has 1 N–H and O–H groups in total. The second-order valence-electron chi connectivity index (χ2n) is 3.20. The SMILES string of the molecule is CC(=O)COc1c(C)cc(CO)nc1Cl. The second kappa shape index (κ2) is 5.09. The summed E-state index contributed by atoms with van der Waals surface area (Å²) in [6.07, 6.45) is 0. The van der Waals surface area contributed by atoms with Crippen molar-refractivity contribution in [3.8, 4) is 5.75 Å². The molecule has 1 rings (SSSR count). The van der Waals surface area contributed by atoms with Gasteiger partial charge in [0.2, 0.25) is 0 Å². The summed E-state index contributed by atoms with van der Waals surface area (Å²) in [7, 11) is 0. The summed E-state index contributed by atoms with van der Waals surface area (Å²) in [5.41, 5.74) is 1.23. The quantitative estimate of drug-likeness (QED) is 0.795. The van der Waals surface area contributed by atoms with Crippen molar-refractivity contribution < 1.29 is 14.6 Å². The molecular weight excluding hydrogens is 218 g/mol. The van der Waals surface area contributed by atoms with E-state index < -0.39 is 0 Å². The third-order valence-corrected chi connectivity index (χ3v) is 2.01. The fourth-order valence-corrected chi connectivity index (χ4v) is 1.43. The molecule has 1 aromatic heterocycles. The zero-order valence-corrected chi connectivity index (χ0v) is 9.34. The molecule has 0 unspecified atom stereocenters. The number of ketones is 1. The Morgan fingerprint density at radius 1 is 1.67 bits per heavy atom.